The van der Waals surface area contributed by atoms with Gasteiger partial charge < -0.3 is 4.52 Å². The molecule has 0 atom stereocenters. The molecule has 5 heteroatoms. The van der Waals surface area contributed by atoms with Gasteiger partial charge in [0.1, 0.15) is 0 Å². The minimum Gasteiger partial charge on any atom is -0.338 e. The second-order valence-corrected chi connectivity index (χ2v) is 4.60. The Morgan fingerprint density at radius 1 is 1.29 bits per heavy atom. The lowest BCUT2D eigenvalue weighted by atomic mass is 10.2. The van der Waals surface area contributed by atoms with Crippen molar-refractivity contribution in [2.75, 3.05) is 5.32 Å². The highest BCUT2D eigenvalue weighted by Crippen LogP contribution is 2.18. The molecule has 0 radical (unpaired) electrons. The number of hydrogen-bond donors (Lipinski definition) is 1. The molecular weight excluding hydrogens is 284 g/mol. The molecule has 1 heterocycles. The zero-order valence-corrected chi connectivity index (χ0v) is 11.0. The third-order valence-electron chi connectivity index (χ3n) is 2.49. The summed E-state index contributed by atoms with van der Waals surface area (Å²) in [6.45, 7) is 3.68. The SMILES string of the molecule is Cc1noc(NC(=O)c2ccc(Br)cc2)c1C. The van der Waals surface area contributed by atoms with Crippen LogP contribution in [0.15, 0.2) is 33.3 Å². The normalized spacial score (nSPS) is 10.3. The van der Waals surface area contributed by atoms with Gasteiger partial charge in [-0.3, -0.25) is 10.1 Å². The van der Waals surface area contributed by atoms with Crippen LogP contribution in [0.1, 0.15) is 21.6 Å². The maximum atomic E-state index is 11.9. The van der Waals surface area contributed by atoms with Gasteiger partial charge in [0.2, 0.25) is 5.88 Å². The first kappa shape index (κ1) is 11.9. The minimum absolute atomic E-state index is 0.211. The smallest absolute Gasteiger partial charge is 0.258 e. The summed E-state index contributed by atoms with van der Waals surface area (Å²) in [7, 11) is 0. The van der Waals surface area contributed by atoms with E-state index < -0.39 is 0 Å². The van der Waals surface area contributed by atoms with Crippen molar-refractivity contribution in [3.63, 3.8) is 0 Å². The van der Waals surface area contributed by atoms with Crippen molar-refractivity contribution in [1.82, 2.24) is 5.16 Å². The number of hydrogen-bond acceptors (Lipinski definition) is 3. The number of nitrogens with zero attached hydrogens (tertiary/aromatic N) is 1. The fraction of sp³-hybridized carbons (Fsp3) is 0.167. The van der Waals surface area contributed by atoms with Gasteiger partial charge in [0.15, 0.2) is 0 Å². The maximum Gasteiger partial charge on any atom is 0.258 e. The van der Waals surface area contributed by atoms with E-state index in [9.17, 15) is 4.79 Å². The van der Waals surface area contributed by atoms with Gasteiger partial charge in [-0.1, -0.05) is 21.1 Å². The fourth-order valence-corrected chi connectivity index (χ4v) is 1.57. The zero-order chi connectivity index (χ0) is 12.4. The predicted octanol–water partition coefficient (Wildman–Crippen LogP) is 3.31. The van der Waals surface area contributed by atoms with Crippen molar-refractivity contribution in [3.05, 3.63) is 45.6 Å². The highest BCUT2D eigenvalue weighted by atomic mass is 79.9. The first-order chi connectivity index (χ1) is 8.08. The number of amides is 1. The predicted molar refractivity (Wildman–Crippen MR) is 68.1 cm³/mol. The number of nitrogens with one attached hydrogen (secondary N) is 1. The second kappa shape index (κ2) is 4.71. The number of carbonyl (C=O) groups excluding carboxylic acids is 1. The summed E-state index contributed by atoms with van der Waals surface area (Å²) < 4.78 is 5.95. The lowest BCUT2D eigenvalue weighted by Crippen LogP contribution is -2.11. The Hall–Kier alpha value is -1.62. The number of aryl methyl sites for hydroxylation is 1. The van der Waals surface area contributed by atoms with E-state index in [1.807, 2.05) is 26.0 Å². The topological polar surface area (TPSA) is 55.1 Å². The van der Waals surface area contributed by atoms with E-state index in [0.29, 0.717) is 11.4 Å². The molecule has 0 fully saturated rings. The van der Waals surface area contributed by atoms with Crippen LogP contribution in [-0.2, 0) is 0 Å². The monoisotopic (exact) mass is 294 g/mol. The molecule has 0 aliphatic rings. The number of anilines is 1. The Morgan fingerprint density at radius 2 is 1.94 bits per heavy atom. The van der Waals surface area contributed by atoms with E-state index in [-0.39, 0.29) is 5.91 Å². The van der Waals surface area contributed by atoms with Crippen LogP contribution in [-0.4, -0.2) is 11.1 Å². The zero-order valence-electron chi connectivity index (χ0n) is 9.45. The molecule has 0 saturated heterocycles. The molecule has 1 aromatic carbocycles. The highest BCUT2D eigenvalue weighted by Gasteiger charge is 2.12. The third kappa shape index (κ3) is 2.55. The standard InChI is InChI=1S/C12H11BrN2O2/c1-7-8(2)15-17-12(7)14-11(16)9-3-5-10(13)6-4-9/h3-6H,1-2H3,(H,14,16). The van der Waals surface area contributed by atoms with Crippen LogP contribution in [0.2, 0.25) is 0 Å². The number of halogens is 1. The number of aromatic nitrogens is 1. The molecule has 17 heavy (non-hydrogen) atoms. The summed E-state index contributed by atoms with van der Waals surface area (Å²) in [5.74, 6) is 0.187. The van der Waals surface area contributed by atoms with Gasteiger partial charge in [-0.25, -0.2) is 0 Å². The summed E-state index contributed by atoms with van der Waals surface area (Å²) in [5, 5.41) is 6.46. The molecule has 1 N–H and O–H groups in total. The van der Waals surface area contributed by atoms with Gasteiger partial charge in [-0.05, 0) is 38.1 Å². The van der Waals surface area contributed by atoms with Crippen molar-refractivity contribution in [3.8, 4) is 0 Å². The molecule has 0 unspecified atom stereocenters. The van der Waals surface area contributed by atoms with Crippen molar-refractivity contribution < 1.29 is 9.32 Å². The van der Waals surface area contributed by atoms with Crippen molar-refractivity contribution in [1.29, 1.82) is 0 Å². The minimum atomic E-state index is -0.211. The average molecular weight is 295 g/mol. The van der Waals surface area contributed by atoms with E-state index in [0.717, 1.165) is 15.7 Å². The molecule has 1 aromatic heterocycles. The Labute approximate surface area is 107 Å². The number of benzene rings is 1. The van der Waals surface area contributed by atoms with Crippen LogP contribution >= 0.6 is 15.9 Å². The van der Waals surface area contributed by atoms with Gasteiger partial charge in [-0.2, -0.15) is 0 Å². The van der Waals surface area contributed by atoms with Crippen LogP contribution in [0.3, 0.4) is 0 Å². The summed E-state index contributed by atoms with van der Waals surface area (Å²) in [6.07, 6.45) is 0. The van der Waals surface area contributed by atoms with Crippen LogP contribution in [0, 0.1) is 13.8 Å². The van der Waals surface area contributed by atoms with Crippen LogP contribution in [0.25, 0.3) is 0 Å². The molecule has 0 bridgehead atoms. The Morgan fingerprint density at radius 3 is 2.47 bits per heavy atom. The first-order valence-electron chi connectivity index (χ1n) is 5.07. The second-order valence-electron chi connectivity index (χ2n) is 3.68. The van der Waals surface area contributed by atoms with E-state index in [1.54, 1.807) is 12.1 Å². The lowest BCUT2D eigenvalue weighted by molar-refractivity contribution is 0.102. The number of rotatable bonds is 2. The molecule has 0 aliphatic heterocycles. The van der Waals surface area contributed by atoms with Crippen molar-refractivity contribution in [2.24, 2.45) is 0 Å². The number of carbonyl (C=O) groups is 1. The maximum absolute atomic E-state index is 11.9. The largest absolute Gasteiger partial charge is 0.338 e. The molecule has 88 valence electrons. The summed E-state index contributed by atoms with van der Waals surface area (Å²) >= 11 is 3.32. The van der Waals surface area contributed by atoms with E-state index in [4.69, 9.17) is 4.52 Å². The molecule has 4 nitrogen and oxygen atoms in total. The Kier molecular flexibility index (Phi) is 3.28. The van der Waals surface area contributed by atoms with E-state index in [2.05, 4.69) is 26.4 Å². The van der Waals surface area contributed by atoms with E-state index in [1.165, 1.54) is 0 Å². The first-order valence-corrected chi connectivity index (χ1v) is 5.87. The average Bonchev–Trinajstić information content (AvgIpc) is 2.62. The molecule has 0 saturated carbocycles. The molecule has 2 aromatic rings. The van der Waals surface area contributed by atoms with Gasteiger partial charge in [0.25, 0.3) is 5.91 Å². The summed E-state index contributed by atoms with van der Waals surface area (Å²) in [4.78, 5) is 11.9. The molecule has 2 rings (SSSR count). The Balaban J connectivity index is 2.17. The van der Waals surface area contributed by atoms with Gasteiger partial charge in [0, 0.05) is 15.6 Å². The fourth-order valence-electron chi connectivity index (χ4n) is 1.31. The van der Waals surface area contributed by atoms with Gasteiger partial charge in [-0.15, -0.1) is 0 Å². The van der Waals surface area contributed by atoms with Gasteiger partial charge >= 0.3 is 0 Å². The highest BCUT2D eigenvalue weighted by molar-refractivity contribution is 9.10. The van der Waals surface area contributed by atoms with Crippen LogP contribution < -0.4 is 5.32 Å². The van der Waals surface area contributed by atoms with Crippen molar-refractivity contribution >= 4 is 27.7 Å². The third-order valence-corrected chi connectivity index (χ3v) is 3.02. The van der Waals surface area contributed by atoms with Crippen LogP contribution in [0.5, 0.6) is 0 Å². The quantitative estimate of drug-likeness (QED) is 0.924. The molecule has 1 amide bonds. The molecular formula is C12H11BrN2O2. The van der Waals surface area contributed by atoms with Crippen molar-refractivity contribution in [2.45, 2.75) is 13.8 Å². The molecule has 0 aliphatic carbocycles. The van der Waals surface area contributed by atoms with Gasteiger partial charge in [0.05, 0.1) is 5.69 Å². The summed E-state index contributed by atoms with van der Waals surface area (Å²) in [6, 6.07) is 7.09. The lowest BCUT2D eigenvalue weighted by Gasteiger charge is -2.02. The molecule has 0 spiro atoms. The van der Waals surface area contributed by atoms with E-state index >= 15 is 0 Å². The van der Waals surface area contributed by atoms with Crippen LogP contribution in [0.4, 0.5) is 5.88 Å². The summed E-state index contributed by atoms with van der Waals surface area (Å²) in [5.41, 5.74) is 2.19. The Bertz CT molecular complexity index is 546.